The number of rotatable bonds is 8. The molecule has 0 aliphatic heterocycles. The van der Waals surface area contributed by atoms with E-state index in [0.717, 1.165) is 34.2 Å². The monoisotopic (exact) mass is 387 g/mol. The van der Waals surface area contributed by atoms with Crippen LogP contribution < -0.4 is 10.1 Å². The van der Waals surface area contributed by atoms with Crippen LogP contribution in [0, 0.1) is 0 Å². The predicted octanol–water partition coefficient (Wildman–Crippen LogP) is 4.34. The van der Waals surface area contributed by atoms with Crippen LogP contribution in [0.1, 0.15) is 12.6 Å². The Bertz CT molecular complexity index is 829. The van der Waals surface area contributed by atoms with E-state index in [4.69, 9.17) is 4.74 Å². The molecule has 3 rings (SSSR count). The lowest BCUT2D eigenvalue weighted by Crippen LogP contribution is -2.32. The minimum absolute atomic E-state index is 0.0368. The van der Waals surface area contributed by atoms with E-state index in [1.165, 1.54) is 0 Å². The zero-order valence-electron chi connectivity index (χ0n) is 14.8. The molecule has 0 radical (unpaired) electrons. The van der Waals surface area contributed by atoms with Crippen LogP contribution in [0.5, 0.6) is 5.75 Å². The minimum Gasteiger partial charge on any atom is -0.497 e. The Hall–Kier alpha value is -2.22. The van der Waals surface area contributed by atoms with Crippen LogP contribution in [-0.4, -0.2) is 36.0 Å². The molecule has 1 N–H and O–H groups in total. The Balaban J connectivity index is 1.56. The Labute approximate surface area is 161 Å². The number of likely N-dealkylation sites (N-methyl/N-ethyl adjacent to an activating group) is 1. The molecule has 3 aromatic rings. The molecule has 1 aromatic carbocycles. The van der Waals surface area contributed by atoms with E-state index in [0.29, 0.717) is 13.1 Å². The number of anilines is 1. The Morgan fingerprint density at radius 1 is 1.23 bits per heavy atom. The van der Waals surface area contributed by atoms with E-state index in [1.54, 1.807) is 29.8 Å². The fraction of sp³-hybridized carbons (Fsp3) is 0.263. The van der Waals surface area contributed by atoms with Crippen LogP contribution in [0.4, 0.5) is 5.69 Å². The average Bonchev–Trinajstić information content (AvgIpc) is 3.33. The van der Waals surface area contributed by atoms with E-state index in [1.807, 2.05) is 31.2 Å². The maximum atomic E-state index is 12.3. The van der Waals surface area contributed by atoms with Crippen molar-refractivity contribution in [3.05, 3.63) is 52.2 Å². The van der Waals surface area contributed by atoms with Gasteiger partial charge in [0.1, 0.15) is 10.8 Å². The third kappa shape index (κ3) is 4.91. The highest BCUT2D eigenvalue weighted by molar-refractivity contribution is 7.14. The summed E-state index contributed by atoms with van der Waals surface area (Å²) in [5.74, 6) is 0.730. The van der Waals surface area contributed by atoms with Gasteiger partial charge in [0.25, 0.3) is 0 Å². The van der Waals surface area contributed by atoms with Gasteiger partial charge in [0, 0.05) is 28.6 Å². The largest absolute Gasteiger partial charge is 0.497 e. The summed E-state index contributed by atoms with van der Waals surface area (Å²) in [6.45, 7) is 3.81. The quantitative estimate of drug-likeness (QED) is 0.625. The zero-order valence-corrected chi connectivity index (χ0v) is 16.4. The average molecular weight is 388 g/mol. The van der Waals surface area contributed by atoms with Crippen molar-refractivity contribution in [2.75, 3.05) is 25.5 Å². The zero-order chi connectivity index (χ0) is 18.4. The summed E-state index contributed by atoms with van der Waals surface area (Å²) in [7, 11) is 1.62. The van der Waals surface area contributed by atoms with Crippen LogP contribution in [0.15, 0.2) is 46.5 Å². The standard InChI is InChI=1S/C19H21N3O2S2/c1-3-22(10-16-13-26-19(21-16)14-8-9-25-12-14)11-18(23)20-15-4-6-17(24-2)7-5-15/h4-9,12-13H,3,10-11H2,1-2H3,(H,20,23). The van der Waals surface area contributed by atoms with Crippen molar-refractivity contribution in [1.82, 2.24) is 9.88 Å². The highest BCUT2D eigenvalue weighted by Crippen LogP contribution is 2.26. The number of carbonyl (C=O) groups is 1. The molecular weight excluding hydrogens is 366 g/mol. The fourth-order valence-corrected chi connectivity index (χ4v) is 4.01. The first-order chi connectivity index (χ1) is 12.7. The van der Waals surface area contributed by atoms with E-state index in [2.05, 4.69) is 37.4 Å². The maximum absolute atomic E-state index is 12.3. The molecule has 0 aliphatic rings. The Morgan fingerprint density at radius 2 is 2.04 bits per heavy atom. The van der Waals surface area contributed by atoms with Crippen molar-refractivity contribution >= 4 is 34.3 Å². The lowest BCUT2D eigenvalue weighted by atomic mass is 10.3. The third-order valence-electron chi connectivity index (χ3n) is 3.89. The molecule has 0 bridgehead atoms. The lowest BCUT2D eigenvalue weighted by Gasteiger charge is -2.18. The second kappa shape index (κ2) is 8.93. The second-order valence-electron chi connectivity index (χ2n) is 5.74. The normalized spacial score (nSPS) is 10.9. The maximum Gasteiger partial charge on any atom is 0.238 e. The summed E-state index contributed by atoms with van der Waals surface area (Å²) in [5, 5.41) is 10.2. The van der Waals surface area contributed by atoms with Gasteiger partial charge in [-0.25, -0.2) is 4.98 Å². The number of thiazole rings is 1. The number of hydrogen-bond acceptors (Lipinski definition) is 6. The molecule has 0 fully saturated rings. The van der Waals surface area contributed by atoms with Crippen molar-refractivity contribution in [2.45, 2.75) is 13.5 Å². The van der Waals surface area contributed by atoms with Gasteiger partial charge in [-0.05, 0) is 42.3 Å². The first kappa shape index (κ1) is 18.6. The molecule has 7 heteroatoms. The summed E-state index contributed by atoms with van der Waals surface area (Å²) in [6.07, 6.45) is 0. The summed E-state index contributed by atoms with van der Waals surface area (Å²) in [6, 6.07) is 9.40. The van der Waals surface area contributed by atoms with Gasteiger partial charge in [0.15, 0.2) is 0 Å². The third-order valence-corrected chi connectivity index (χ3v) is 5.52. The number of carbonyl (C=O) groups excluding carboxylic acids is 1. The summed E-state index contributed by atoms with van der Waals surface area (Å²) < 4.78 is 5.12. The molecule has 0 unspecified atom stereocenters. The first-order valence-electron chi connectivity index (χ1n) is 8.31. The van der Waals surface area contributed by atoms with Crippen molar-refractivity contribution in [1.29, 1.82) is 0 Å². The van der Waals surface area contributed by atoms with Gasteiger partial charge in [0.2, 0.25) is 5.91 Å². The lowest BCUT2D eigenvalue weighted by molar-refractivity contribution is -0.117. The molecule has 0 aliphatic carbocycles. The van der Waals surface area contributed by atoms with E-state index < -0.39 is 0 Å². The summed E-state index contributed by atoms with van der Waals surface area (Å²) in [5.41, 5.74) is 2.92. The molecular formula is C19H21N3O2S2. The highest BCUT2D eigenvalue weighted by Gasteiger charge is 2.13. The van der Waals surface area contributed by atoms with Crippen LogP contribution in [0.2, 0.25) is 0 Å². The molecule has 0 atom stereocenters. The number of amides is 1. The van der Waals surface area contributed by atoms with Gasteiger partial charge in [-0.1, -0.05) is 6.92 Å². The smallest absolute Gasteiger partial charge is 0.238 e. The van der Waals surface area contributed by atoms with Crippen molar-refractivity contribution < 1.29 is 9.53 Å². The van der Waals surface area contributed by atoms with Crippen molar-refractivity contribution in [2.24, 2.45) is 0 Å². The molecule has 0 saturated carbocycles. The molecule has 26 heavy (non-hydrogen) atoms. The van der Waals surface area contributed by atoms with E-state index in [-0.39, 0.29) is 5.91 Å². The summed E-state index contributed by atoms with van der Waals surface area (Å²) in [4.78, 5) is 19.1. The topological polar surface area (TPSA) is 54.5 Å². The number of nitrogens with one attached hydrogen (secondary N) is 1. The van der Waals surface area contributed by atoms with Gasteiger partial charge in [0.05, 0.1) is 19.3 Å². The van der Waals surface area contributed by atoms with Gasteiger partial charge in [-0.15, -0.1) is 11.3 Å². The Kier molecular flexibility index (Phi) is 6.38. The number of benzene rings is 1. The van der Waals surface area contributed by atoms with Crippen LogP contribution >= 0.6 is 22.7 Å². The fourth-order valence-electron chi connectivity index (χ4n) is 2.48. The van der Waals surface area contributed by atoms with Gasteiger partial charge in [-0.3, -0.25) is 9.69 Å². The van der Waals surface area contributed by atoms with Gasteiger partial charge in [-0.2, -0.15) is 11.3 Å². The van der Waals surface area contributed by atoms with Crippen molar-refractivity contribution in [3.63, 3.8) is 0 Å². The second-order valence-corrected chi connectivity index (χ2v) is 7.37. The van der Waals surface area contributed by atoms with Gasteiger partial charge < -0.3 is 10.1 Å². The number of aromatic nitrogens is 1. The first-order valence-corrected chi connectivity index (χ1v) is 10.1. The molecule has 1 amide bonds. The molecule has 5 nitrogen and oxygen atoms in total. The van der Waals surface area contributed by atoms with E-state index >= 15 is 0 Å². The molecule has 2 heterocycles. The number of nitrogens with zero attached hydrogens (tertiary/aromatic N) is 2. The molecule has 0 spiro atoms. The number of hydrogen-bond donors (Lipinski definition) is 1. The number of thiophene rings is 1. The Morgan fingerprint density at radius 3 is 2.69 bits per heavy atom. The van der Waals surface area contributed by atoms with Crippen LogP contribution in [0.3, 0.4) is 0 Å². The molecule has 136 valence electrons. The van der Waals surface area contributed by atoms with Gasteiger partial charge >= 0.3 is 0 Å². The van der Waals surface area contributed by atoms with Crippen LogP contribution in [0.25, 0.3) is 10.6 Å². The minimum atomic E-state index is -0.0368. The molecule has 2 aromatic heterocycles. The SMILES string of the molecule is CCN(CC(=O)Nc1ccc(OC)cc1)Cc1csc(-c2ccsc2)n1. The number of methoxy groups -OCH3 is 1. The van der Waals surface area contributed by atoms with E-state index in [9.17, 15) is 4.79 Å². The van der Waals surface area contributed by atoms with Crippen LogP contribution in [-0.2, 0) is 11.3 Å². The number of ether oxygens (including phenoxy) is 1. The summed E-state index contributed by atoms with van der Waals surface area (Å²) >= 11 is 3.31. The predicted molar refractivity (Wildman–Crippen MR) is 108 cm³/mol. The molecule has 0 saturated heterocycles. The van der Waals surface area contributed by atoms with Crippen molar-refractivity contribution in [3.8, 4) is 16.3 Å². The highest BCUT2D eigenvalue weighted by atomic mass is 32.1.